The molecule has 71 heavy (non-hydrogen) atoms. The van der Waals surface area contributed by atoms with E-state index in [4.69, 9.17) is 33.9 Å². The highest BCUT2D eigenvalue weighted by molar-refractivity contribution is 5.88. The molecule has 1 aromatic carbocycles. The maximum Gasteiger partial charge on any atom is 0.335 e. The number of aromatic carboxylic acids is 1. The van der Waals surface area contributed by atoms with Crippen LogP contribution in [0.5, 0.6) is 5.75 Å². The number of aliphatic carboxylic acids is 2. The lowest BCUT2D eigenvalue weighted by molar-refractivity contribution is -0.144. The average molecular weight is 1010 g/mol. The Balaban J connectivity index is 1.99. The standard InChI is InChI=1S/C50H79N3O18/c1-2-37(44(57)34-54)13-9-10-24-51-46(59)23-21-43(50(65)66)53-47(60)36-70-32-29-67-26-12-15-41(56)35-69-31-30-68-28-25-52-45(58)22-18-39(49(63)64)33-40(55)14-8-6-4-3-5-7-11-27-71-42-19-16-38(17-20-42)48(61)62/h16-17,19-20,37,39,43,54H,2-15,18,21-36H2,1H3,(H,51,59)(H,52,58)(H,53,60)(H,61,62)(H,63,64)(H,65,66)/t37-,39+,43-/m0/s1. The summed E-state index contributed by atoms with van der Waals surface area (Å²) in [6.45, 7) is 2.94. The summed E-state index contributed by atoms with van der Waals surface area (Å²) >= 11 is 0. The van der Waals surface area contributed by atoms with Crippen molar-refractivity contribution < 1.29 is 87.3 Å². The molecule has 0 saturated heterocycles. The fourth-order valence-electron chi connectivity index (χ4n) is 7.09. The Morgan fingerprint density at radius 3 is 1.75 bits per heavy atom. The van der Waals surface area contributed by atoms with Crippen molar-refractivity contribution in [3.8, 4) is 5.75 Å². The molecule has 402 valence electrons. The van der Waals surface area contributed by atoms with Gasteiger partial charge in [-0.3, -0.25) is 33.6 Å². The normalized spacial score (nSPS) is 12.3. The van der Waals surface area contributed by atoms with Crippen molar-refractivity contribution in [2.45, 2.75) is 135 Å². The Morgan fingerprint density at radius 1 is 0.521 bits per heavy atom. The number of carbonyl (C=O) groups is 9. The number of Topliss-reactive ketones (excluding diaryl/α,β-unsaturated/α-hetero) is 3. The molecule has 0 fully saturated rings. The van der Waals surface area contributed by atoms with E-state index in [0.717, 1.165) is 38.5 Å². The van der Waals surface area contributed by atoms with Gasteiger partial charge in [0.15, 0.2) is 11.6 Å². The molecule has 0 aliphatic heterocycles. The van der Waals surface area contributed by atoms with E-state index in [1.54, 1.807) is 12.1 Å². The lowest BCUT2D eigenvalue weighted by Crippen LogP contribution is -2.43. The van der Waals surface area contributed by atoms with Crippen molar-refractivity contribution in [1.29, 1.82) is 0 Å². The summed E-state index contributed by atoms with van der Waals surface area (Å²) in [7, 11) is 0. The van der Waals surface area contributed by atoms with Crippen LogP contribution in [0.25, 0.3) is 0 Å². The molecule has 0 radical (unpaired) electrons. The van der Waals surface area contributed by atoms with E-state index < -0.39 is 49.0 Å². The molecule has 0 spiro atoms. The minimum Gasteiger partial charge on any atom is -0.494 e. The van der Waals surface area contributed by atoms with Gasteiger partial charge in [-0.05, 0) is 75.6 Å². The van der Waals surface area contributed by atoms with Crippen molar-refractivity contribution in [1.82, 2.24) is 16.0 Å². The zero-order chi connectivity index (χ0) is 52.5. The average Bonchev–Trinajstić information content (AvgIpc) is 3.34. The van der Waals surface area contributed by atoms with Gasteiger partial charge in [-0.25, -0.2) is 9.59 Å². The Hall–Kier alpha value is -5.35. The number of amides is 3. The van der Waals surface area contributed by atoms with Gasteiger partial charge < -0.3 is 60.1 Å². The van der Waals surface area contributed by atoms with Crippen molar-refractivity contribution >= 4 is 53.0 Å². The summed E-state index contributed by atoms with van der Waals surface area (Å²) in [6.07, 6.45) is 9.59. The molecule has 0 saturated carbocycles. The number of carboxylic acids is 3. The summed E-state index contributed by atoms with van der Waals surface area (Å²) in [5, 5.41) is 44.7. The molecule has 0 aliphatic carbocycles. The van der Waals surface area contributed by atoms with Crippen molar-refractivity contribution in [2.24, 2.45) is 11.8 Å². The molecule has 1 rings (SSSR count). The van der Waals surface area contributed by atoms with Gasteiger partial charge in [0.2, 0.25) is 17.7 Å². The molecule has 0 heterocycles. The van der Waals surface area contributed by atoms with Gasteiger partial charge in [0.25, 0.3) is 0 Å². The monoisotopic (exact) mass is 1010 g/mol. The molecule has 3 amide bonds. The molecular weight excluding hydrogens is 931 g/mol. The number of ketones is 3. The van der Waals surface area contributed by atoms with Gasteiger partial charge in [0.05, 0.1) is 51.1 Å². The van der Waals surface area contributed by atoms with Crippen LogP contribution < -0.4 is 20.7 Å². The molecule has 0 unspecified atom stereocenters. The maximum atomic E-state index is 12.5. The van der Waals surface area contributed by atoms with Crippen molar-refractivity contribution in [3.05, 3.63) is 29.8 Å². The molecule has 7 N–H and O–H groups in total. The van der Waals surface area contributed by atoms with Crippen LogP contribution in [0.4, 0.5) is 0 Å². The summed E-state index contributed by atoms with van der Waals surface area (Å²) in [5.41, 5.74) is 0.211. The van der Waals surface area contributed by atoms with Crippen LogP contribution in [0.1, 0.15) is 139 Å². The second kappa shape index (κ2) is 41.3. The number of hydrogen-bond donors (Lipinski definition) is 7. The highest BCUT2D eigenvalue weighted by Gasteiger charge is 2.23. The summed E-state index contributed by atoms with van der Waals surface area (Å²) in [5.74, 6) is -5.73. The highest BCUT2D eigenvalue weighted by atomic mass is 16.5. The first-order chi connectivity index (χ1) is 34.2. The number of rotatable bonds is 48. The van der Waals surface area contributed by atoms with E-state index in [1.807, 2.05) is 6.92 Å². The summed E-state index contributed by atoms with van der Waals surface area (Å²) in [4.78, 5) is 107. The number of nitrogens with one attached hydrogen (secondary N) is 3. The Morgan fingerprint density at radius 2 is 1.11 bits per heavy atom. The smallest absolute Gasteiger partial charge is 0.335 e. The van der Waals surface area contributed by atoms with Crippen molar-refractivity contribution in [2.75, 3.05) is 79.2 Å². The van der Waals surface area contributed by atoms with E-state index in [2.05, 4.69) is 16.0 Å². The Bertz CT molecular complexity index is 1730. The molecule has 1 aromatic rings. The topological polar surface area (TPSA) is 317 Å². The zero-order valence-corrected chi connectivity index (χ0v) is 41.5. The van der Waals surface area contributed by atoms with E-state index in [9.17, 15) is 53.4 Å². The molecule has 21 nitrogen and oxygen atoms in total. The third kappa shape index (κ3) is 34.6. The molecule has 0 bridgehead atoms. The number of aliphatic hydroxyl groups is 1. The van der Waals surface area contributed by atoms with E-state index >= 15 is 0 Å². The highest BCUT2D eigenvalue weighted by Crippen LogP contribution is 2.17. The van der Waals surface area contributed by atoms with E-state index in [1.165, 1.54) is 12.1 Å². The van der Waals surface area contributed by atoms with Crippen LogP contribution in [-0.2, 0) is 57.3 Å². The van der Waals surface area contributed by atoms with Crippen LogP contribution in [0, 0.1) is 11.8 Å². The van der Waals surface area contributed by atoms with E-state index in [-0.39, 0.29) is 132 Å². The van der Waals surface area contributed by atoms with E-state index in [0.29, 0.717) is 63.8 Å². The summed E-state index contributed by atoms with van der Waals surface area (Å²) < 4.78 is 27.0. The van der Waals surface area contributed by atoms with Crippen LogP contribution in [0.2, 0.25) is 0 Å². The summed E-state index contributed by atoms with van der Waals surface area (Å²) in [6, 6.07) is 5.01. The van der Waals surface area contributed by atoms with Crippen LogP contribution in [0.15, 0.2) is 24.3 Å². The second-order valence-electron chi connectivity index (χ2n) is 17.1. The number of hydrogen-bond acceptors (Lipinski definition) is 15. The van der Waals surface area contributed by atoms with Gasteiger partial charge in [0, 0.05) is 57.7 Å². The van der Waals surface area contributed by atoms with Crippen molar-refractivity contribution in [3.63, 3.8) is 0 Å². The number of carbonyl (C=O) groups excluding carboxylic acids is 6. The largest absolute Gasteiger partial charge is 0.494 e. The van der Waals surface area contributed by atoms with Gasteiger partial charge in [0.1, 0.15) is 37.4 Å². The number of unbranched alkanes of at least 4 members (excludes halogenated alkanes) is 7. The lowest BCUT2D eigenvalue weighted by atomic mass is 9.94. The second-order valence-corrected chi connectivity index (χ2v) is 17.1. The SMILES string of the molecule is CC[C@@H](CCCCNC(=O)CC[C@H](NC(=O)COCCOCCCC(=O)COCCOCCNC(=O)CC[C@H](CC(=O)CCCCCCCCCOc1ccc(C(=O)O)cc1)C(=O)O)C(=O)O)C(=O)CO. The first-order valence-electron chi connectivity index (χ1n) is 24.9. The number of carboxylic acid groups (broad SMARTS) is 3. The minimum absolute atomic E-state index is 0.0415. The molecule has 21 heteroatoms. The van der Waals surface area contributed by atoms with Gasteiger partial charge in [-0.2, -0.15) is 0 Å². The molecule has 0 aromatic heterocycles. The third-order valence-electron chi connectivity index (χ3n) is 11.3. The van der Waals surface area contributed by atoms with Gasteiger partial charge >= 0.3 is 17.9 Å². The number of ether oxygens (including phenoxy) is 5. The fraction of sp³-hybridized carbons (Fsp3) is 0.700. The van der Waals surface area contributed by atoms with Crippen LogP contribution in [-0.4, -0.2) is 159 Å². The lowest BCUT2D eigenvalue weighted by Gasteiger charge is -2.15. The first kappa shape index (κ1) is 63.7. The molecule has 0 aliphatic rings. The molecule has 3 atom stereocenters. The number of aliphatic hydroxyl groups excluding tert-OH is 1. The first-order valence-corrected chi connectivity index (χ1v) is 24.9. The van der Waals surface area contributed by atoms with Crippen LogP contribution in [0.3, 0.4) is 0 Å². The Kier molecular flexibility index (Phi) is 37.0. The van der Waals surface area contributed by atoms with Gasteiger partial charge in [-0.1, -0.05) is 45.4 Å². The minimum atomic E-state index is -1.29. The molecular formula is C50H79N3O18. The fourth-order valence-corrected chi connectivity index (χ4v) is 7.09. The zero-order valence-electron chi connectivity index (χ0n) is 41.5. The van der Waals surface area contributed by atoms with Crippen LogP contribution >= 0.6 is 0 Å². The third-order valence-corrected chi connectivity index (χ3v) is 11.3. The Labute approximate surface area is 416 Å². The number of benzene rings is 1. The van der Waals surface area contributed by atoms with Gasteiger partial charge in [-0.15, -0.1) is 0 Å². The predicted octanol–water partition coefficient (Wildman–Crippen LogP) is 4.08. The quantitative estimate of drug-likeness (QED) is 0.0452. The predicted molar refractivity (Wildman–Crippen MR) is 258 cm³/mol. The maximum absolute atomic E-state index is 12.5.